The van der Waals surface area contributed by atoms with E-state index in [0.29, 0.717) is 11.1 Å². The molecule has 0 unspecified atom stereocenters. The van der Waals surface area contributed by atoms with Crippen molar-refractivity contribution in [2.24, 2.45) is 10.8 Å². The lowest BCUT2D eigenvalue weighted by Gasteiger charge is -2.10. The first kappa shape index (κ1) is 14.5. The zero-order valence-corrected chi connectivity index (χ0v) is 11.2. The van der Waals surface area contributed by atoms with Crippen molar-refractivity contribution in [2.75, 3.05) is 6.54 Å². The van der Waals surface area contributed by atoms with Crippen LogP contribution in [0.1, 0.15) is 11.1 Å². The lowest BCUT2D eigenvalue weighted by Crippen LogP contribution is -2.27. The summed E-state index contributed by atoms with van der Waals surface area (Å²) in [6.07, 6.45) is 0. The number of benzene rings is 2. The number of aromatic hydroxyl groups is 2. The van der Waals surface area contributed by atoms with E-state index < -0.39 is 5.91 Å². The lowest BCUT2D eigenvalue weighted by atomic mass is 10.0. The molecule has 108 valence electrons. The van der Waals surface area contributed by atoms with Crippen LogP contribution < -0.4 is 11.2 Å². The van der Waals surface area contributed by atoms with Crippen molar-refractivity contribution in [3.8, 4) is 11.5 Å². The average molecular weight is 285 g/mol. The van der Waals surface area contributed by atoms with E-state index in [-0.39, 0.29) is 23.8 Å². The van der Waals surface area contributed by atoms with Crippen LogP contribution in [-0.2, 0) is 4.79 Å². The molecular weight excluding hydrogens is 270 g/mol. The molecule has 1 amide bonds. The third-order valence-electron chi connectivity index (χ3n) is 2.80. The smallest absolute Gasteiger partial charge is 0.253 e. The Balaban J connectivity index is 2.53. The number of rotatable bonds is 4. The number of para-hydroxylation sites is 2. The van der Waals surface area contributed by atoms with E-state index in [0.717, 1.165) is 0 Å². The van der Waals surface area contributed by atoms with Crippen LogP contribution in [0.15, 0.2) is 53.6 Å². The van der Waals surface area contributed by atoms with Crippen molar-refractivity contribution in [1.82, 2.24) is 5.43 Å². The molecule has 0 fully saturated rings. The average Bonchev–Trinajstić information content (AvgIpc) is 2.50. The van der Waals surface area contributed by atoms with Crippen molar-refractivity contribution in [1.29, 1.82) is 0 Å². The van der Waals surface area contributed by atoms with Gasteiger partial charge in [-0.3, -0.25) is 4.79 Å². The maximum Gasteiger partial charge on any atom is 0.253 e. The first-order valence-electron chi connectivity index (χ1n) is 6.27. The summed E-state index contributed by atoms with van der Waals surface area (Å²) in [5.41, 5.74) is 8.52. The summed E-state index contributed by atoms with van der Waals surface area (Å²) in [5.74, 6) is -0.499. The Hall–Kier alpha value is -2.86. The van der Waals surface area contributed by atoms with E-state index in [9.17, 15) is 15.0 Å². The number of carbonyl (C=O) groups excluding carboxylic acids is 1. The normalized spacial score (nSPS) is 9.95. The number of phenols is 2. The number of nitrogens with zero attached hydrogens (tertiary/aromatic N) is 1. The highest BCUT2D eigenvalue weighted by Crippen LogP contribution is 2.25. The van der Waals surface area contributed by atoms with Crippen LogP contribution in [0.3, 0.4) is 0 Å². The second kappa shape index (κ2) is 6.53. The summed E-state index contributed by atoms with van der Waals surface area (Å²) in [4.78, 5) is 11.3. The molecular formula is C15H15N3O3. The minimum Gasteiger partial charge on any atom is -0.507 e. The molecule has 5 N–H and O–H groups in total. The molecule has 6 heteroatoms. The fourth-order valence-corrected chi connectivity index (χ4v) is 1.78. The summed E-state index contributed by atoms with van der Waals surface area (Å²) in [6.45, 7) is -0.210. The molecule has 0 saturated heterocycles. The van der Waals surface area contributed by atoms with Gasteiger partial charge >= 0.3 is 0 Å². The third kappa shape index (κ3) is 3.37. The molecule has 0 aromatic heterocycles. The SMILES string of the molecule is NCC(=O)NN=C(c1ccccc1O)c1ccccc1O. The van der Waals surface area contributed by atoms with Gasteiger partial charge in [0.05, 0.1) is 6.54 Å². The predicted molar refractivity (Wildman–Crippen MR) is 79.0 cm³/mol. The molecule has 0 aliphatic heterocycles. The molecule has 2 aromatic carbocycles. The van der Waals surface area contributed by atoms with E-state index in [1.165, 1.54) is 12.1 Å². The number of hydrogen-bond acceptors (Lipinski definition) is 5. The van der Waals surface area contributed by atoms with E-state index in [4.69, 9.17) is 5.73 Å². The number of carbonyl (C=O) groups is 1. The summed E-state index contributed by atoms with van der Waals surface area (Å²) in [5, 5.41) is 23.9. The van der Waals surface area contributed by atoms with E-state index in [2.05, 4.69) is 10.5 Å². The van der Waals surface area contributed by atoms with Gasteiger partial charge < -0.3 is 15.9 Å². The van der Waals surface area contributed by atoms with Crippen molar-refractivity contribution >= 4 is 11.6 Å². The Kier molecular flexibility index (Phi) is 4.53. The molecule has 0 saturated carbocycles. The van der Waals surface area contributed by atoms with Crippen molar-refractivity contribution in [3.63, 3.8) is 0 Å². The van der Waals surface area contributed by atoms with Gasteiger partial charge in [-0.15, -0.1) is 0 Å². The molecule has 0 bridgehead atoms. The zero-order chi connectivity index (χ0) is 15.2. The molecule has 0 aliphatic carbocycles. The molecule has 2 rings (SSSR count). The van der Waals surface area contributed by atoms with Gasteiger partial charge in [-0.25, -0.2) is 5.43 Å². The predicted octanol–water partition coefficient (Wildman–Crippen LogP) is 0.925. The standard InChI is InChI=1S/C15H15N3O3/c16-9-14(21)17-18-15(10-5-1-3-7-12(10)19)11-6-2-4-8-13(11)20/h1-8,19-20H,9,16H2,(H,17,21). The second-order valence-corrected chi connectivity index (χ2v) is 4.23. The molecule has 0 aliphatic rings. The molecule has 0 heterocycles. The van der Waals surface area contributed by atoms with Crippen LogP contribution in [0.4, 0.5) is 0 Å². The van der Waals surface area contributed by atoms with Crippen LogP contribution in [0.25, 0.3) is 0 Å². The highest BCUT2D eigenvalue weighted by atomic mass is 16.3. The number of nitrogens with two attached hydrogens (primary N) is 1. The summed E-state index contributed by atoms with van der Waals surface area (Å²) >= 11 is 0. The Morgan fingerprint density at radius 3 is 1.90 bits per heavy atom. The minimum atomic E-state index is -0.474. The van der Waals surface area contributed by atoms with Gasteiger partial charge in [0.1, 0.15) is 17.2 Å². The molecule has 2 aromatic rings. The Morgan fingerprint density at radius 1 is 1.00 bits per heavy atom. The van der Waals surface area contributed by atoms with Gasteiger partial charge in [0, 0.05) is 11.1 Å². The van der Waals surface area contributed by atoms with Crippen LogP contribution in [0.2, 0.25) is 0 Å². The Labute approximate surface area is 121 Å². The van der Waals surface area contributed by atoms with Crippen molar-refractivity contribution in [3.05, 3.63) is 59.7 Å². The van der Waals surface area contributed by atoms with Crippen LogP contribution in [0.5, 0.6) is 11.5 Å². The number of nitrogens with one attached hydrogen (secondary N) is 1. The second-order valence-electron chi connectivity index (χ2n) is 4.23. The molecule has 6 nitrogen and oxygen atoms in total. The number of hydrogen-bond donors (Lipinski definition) is 4. The zero-order valence-electron chi connectivity index (χ0n) is 11.2. The lowest BCUT2D eigenvalue weighted by molar-refractivity contribution is -0.119. The van der Waals surface area contributed by atoms with E-state index in [1.807, 2.05) is 0 Å². The van der Waals surface area contributed by atoms with Gasteiger partial charge in [0.2, 0.25) is 0 Å². The van der Waals surface area contributed by atoms with Gasteiger partial charge in [-0.2, -0.15) is 5.10 Å². The maximum absolute atomic E-state index is 11.3. The quantitative estimate of drug-likeness (QED) is 0.495. The highest BCUT2D eigenvalue weighted by molar-refractivity contribution is 6.16. The summed E-state index contributed by atoms with van der Waals surface area (Å²) in [6, 6.07) is 13.0. The monoisotopic (exact) mass is 285 g/mol. The van der Waals surface area contributed by atoms with Crippen molar-refractivity contribution in [2.45, 2.75) is 0 Å². The fourth-order valence-electron chi connectivity index (χ4n) is 1.78. The number of amides is 1. The van der Waals surface area contributed by atoms with Gasteiger partial charge in [0.25, 0.3) is 5.91 Å². The van der Waals surface area contributed by atoms with E-state index in [1.54, 1.807) is 36.4 Å². The molecule has 0 radical (unpaired) electrons. The van der Waals surface area contributed by atoms with Gasteiger partial charge in [-0.1, -0.05) is 24.3 Å². The third-order valence-corrected chi connectivity index (χ3v) is 2.80. The Morgan fingerprint density at radius 2 is 1.48 bits per heavy atom. The number of hydrazone groups is 1. The van der Waals surface area contributed by atoms with Crippen molar-refractivity contribution < 1.29 is 15.0 Å². The van der Waals surface area contributed by atoms with E-state index >= 15 is 0 Å². The van der Waals surface area contributed by atoms with Gasteiger partial charge in [-0.05, 0) is 24.3 Å². The highest BCUT2D eigenvalue weighted by Gasteiger charge is 2.15. The summed E-state index contributed by atoms with van der Waals surface area (Å²) < 4.78 is 0. The first-order chi connectivity index (χ1) is 10.1. The maximum atomic E-state index is 11.3. The fraction of sp³-hybridized carbons (Fsp3) is 0.0667. The van der Waals surface area contributed by atoms with Gasteiger partial charge in [0.15, 0.2) is 0 Å². The van der Waals surface area contributed by atoms with Crippen LogP contribution in [-0.4, -0.2) is 28.4 Å². The van der Waals surface area contributed by atoms with Crippen LogP contribution in [0, 0.1) is 0 Å². The molecule has 0 atom stereocenters. The Bertz CT molecular complexity index is 636. The largest absolute Gasteiger partial charge is 0.507 e. The first-order valence-corrected chi connectivity index (χ1v) is 6.27. The molecule has 0 spiro atoms. The minimum absolute atomic E-state index is 0.0125. The topological polar surface area (TPSA) is 108 Å². The van der Waals surface area contributed by atoms with Crippen LogP contribution >= 0.6 is 0 Å². The molecule has 21 heavy (non-hydrogen) atoms. The number of phenolic OH excluding ortho intramolecular Hbond substituents is 2. The summed E-state index contributed by atoms with van der Waals surface area (Å²) in [7, 11) is 0.